The molecule has 0 heterocycles. The van der Waals surface area contributed by atoms with Crippen molar-refractivity contribution < 1.29 is 8.78 Å². The van der Waals surface area contributed by atoms with Gasteiger partial charge in [-0.25, -0.2) is 8.78 Å². The van der Waals surface area contributed by atoms with E-state index in [0.717, 1.165) is 17.2 Å². The van der Waals surface area contributed by atoms with E-state index in [1.807, 2.05) is 31.2 Å². The van der Waals surface area contributed by atoms with Gasteiger partial charge in [0, 0.05) is 0 Å². The van der Waals surface area contributed by atoms with Gasteiger partial charge in [-0.15, -0.1) is 0 Å². The maximum atomic E-state index is 13.3. The molecule has 1 atom stereocenters. The van der Waals surface area contributed by atoms with E-state index >= 15 is 0 Å². The molecule has 4 heteroatoms. The predicted octanol–water partition coefficient (Wildman–Crippen LogP) is 3.02. The van der Waals surface area contributed by atoms with Crippen LogP contribution < -0.4 is 11.3 Å². The Kier molecular flexibility index (Phi) is 4.24. The first-order chi connectivity index (χ1) is 9.11. The number of hydrogen-bond donors (Lipinski definition) is 2. The van der Waals surface area contributed by atoms with Gasteiger partial charge in [0.2, 0.25) is 0 Å². The van der Waals surface area contributed by atoms with Gasteiger partial charge < -0.3 is 0 Å². The Hall–Kier alpha value is -1.78. The standard InChI is InChI=1S/C15H16F2N2/c1-10-4-2-3-5-11(10)9-15(19-18)12-6-7-13(16)14(17)8-12/h2-8,15,19H,9,18H2,1H3. The van der Waals surface area contributed by atoms with E-state index in [2.05, 4.69) is 5.43 Å². The monoisotopic (exact) mass is 262 g/mol. The van der Waals surface area contributed by atoms with Crippen molar-refractivity contribution in [1.29, 1.82) is 0 Å². The Morgan fingerprint density at radius 2 is 1.84 bits per heavy atom. The zero-order valence-corrected chi connectivity index (χ0v) is 10.7. The Morgan fingerprint density at radius 3 is 2.47 bits per heavy atom. The fraction of sp³-hybridized carbons (Fsp3) is 0.200. The lowest BCUT2D eigenvalue weighted by Gasteiger charge is -2.18. The first-order valence-electron chi connectivity index (χ1n) is 6.07. The molecule has 0 aromatic heterocycles. The summed E-state index contributed by atoms with van der Waals surface area (Å²) in [6.45, 7) is 2.01. The molecule has 3 N–H and O–H groups in total. The molecule has 2 aromatic rings. The number of benzene rings is 2. The number of hydrazine groups is 1. The zero-order valence-electron chi connectivity index (χ0n) is 10.7. The second kappa shape index (κ2) is 5.91. The molecule has 0 aliphatic heterocycles. The average Bonchev–Trinajstić information content (AvgIpc) is 2.41. The maximum absolute atomic E-state index is 13.3. The van der Waals surface area contributed by atoms with E-state index in [-0.39, 0.29) is 6.04 Å². The molecule has 0 bridgehead atoms. The Balaban J connectivity index is 2.25. The van der Waals surface area contributed by atoms with E-state index in [1.165, 1.54) is 6.07 Å². The summed E-state index contributed by atoms with van der Waals surface area (Å²) >= 11 is 0. The highest BCUT2D eigenvalue weighted by atomic mass is 19.2. The number of nitrogens with one attached hydrogen (secondary N) is 1. The summed E-state index contributed by atoms with van der Waals surface area (Å²) in [4.78, 5) is 0. The van der Waals surface area contributed by atoms with Gasteiger partial charge in [0.25, 0.3) is 0 Å². The summed E-state index contributed by atoms with van der Waals surface area (Å²) in [6.07, 6.45) is 0.619. The minimum absolute atomic E-state index is 0.254. The second-order valence-electron chi connectivity index (χ2n) is 4.52. The Labute approximate surface area is 111 Å². The molecular weight excluding hydrogens is 246 g/mol. The topological polar surface area (TPSA) is 38.0 Å². The molecule has 100 valence electrons. The smallest absolute Gasteiger partial charge is 0.159 e. The fourth-order valence-corrected chi connectivity index (χ4v) is 2.06. The molecule has 1 unspecified atom stereocenters. The lowest BCUT2D eigenvalue weighted by atomic mass is 9.96. The molecule has 0 aliphatic rings. The van der Waals surface area contributed by atoms with Gasteiger partial charge in [-0.1, -0.05) is 30.3 Å². The summed E-state index contributed by atoms with van der Waals surface area (Å²) in [6, 6.07) is 11.5. The van der Waals surface area contributed by atoms with Gasteiger partial charge >= 0.3 is 0 Å². The van der Waals surface area contributed by atoms with Crippen LogP contribution in [0.4, 0.5) is 8.78 Å². The molecular formula is C15H16F2N2. The highest BCUT2D eigenvalue weighted by Gasteiger charge is 2.14. The molecule has 2 rings (SSSR count). The molecule has 0 amide bonds. The SMILES string of the molecule is Cc1ccccc1CC(NN)c1ccc(F)c(F)c1. The minimum atomic E-state index is -0.859. The summed E-state index contributed by atoms with van der Waals surface area (Å²) < 4.78 is 26.2. The molecule has 2 nitrogen and oxygen atoms in total. The number of halogens is 2. The van der Waals surface area contributed by atoms with Gasteiger partial charge in [0.05, 0.1) is 6.04 Å². The second-order valence-corrected chi connectivity index (χ2v) is 4.52. The van der Waals surface area contributed by atoms with E-state index in [4.69, 9.17) is 5.84 Å². The van der Waals surface area contributed by atoms with Crippen LogP contribution in [0.25, 0.3) is 0 Å². The van der Waals surface area contributed by atoms with Crippen LogP contribution in [-0.4, -0.2) is 0 Å². The minimum Gasteiger partial charge on any atom is -0.271 e. The van der Waals surface area contributed by atoms with Gasteiger partial charge in [-0.05, 0) is 42.2 Å². The van der Waals surface area contributed by atoms with Crippen molar-refractivity contribution in [3.05, 3.63) is 70.8 Å². The van der Waals surface area contributed by atoms with Crippen LogP contribution in [0.15, 0.2) is 42.5 Å². The predicted molar refractivity (Wildman–Crippen MR) is 71.3 cm³/mol. The van der Waals surface area contributed by atoms with E-state index in [1.54, 1.807) is 6.07 Å². The number of rotatable bonds is 4. The van der Waals surface area contributed by atoms with E-state index in [0.29, 0.717) is 12.0 Å². The summed E-state index contributed by atoms with van der Waals surface area (Å²) in [7, 11) is 0. The molecule has 0 fully saturated rings. The summed E-state index contributed by atoms with van der Waals surface area (Å²) in [5, 5.41) is 0. The van der Waals surface area contributed by atoms with Crippen molar-refractivity contribution in [1.82, 2.24) is 5.43 Å². The van der Waals surface area contributed by atoms with Gasteiger partial charge in [0.1, 0.15) is 0 Å². The first-order valence-corrected chi connectivity index (χ1v) is 6.07. The number of hydrogen-bond acceptors (Lipinski definition) is 2. The average molecular weight is 262 g/mol. The quantitative estimate of drug-likeness (QED) is 0.656. The van der Waals surface area contributed by atoms with Crippen molar-refractivity contribution in [3.8, 4) is 0 Å². The molecule has 0 radical (unpaired) electrons. The van der Waals surface area contributed by atoms with E-state index < -0.39 is 11.6 Å². The van der Waals surface area contributed by atoms with Crippen molar-refractivity contribution in [2.75, 3.05) is 0 Å². The summed E-state index contributed by atoms with van der Waals surface area (Å²) in [5.74, 6) is 3.81. The van der Waals surface area contributed by atoms with Crippen LogP contribution in [0.5, 0.6) is 0 Å². The molecule has 0 spiro atoms. The van der Waals surface area contributed by atoms with Crippen LogP contribution in [-0.2, 0) is 6.42 Å². The first kappa shape index (κ1) is 13.6. The fourth-order valence-electron chi connectivity index (χ4n) is 2.06. The summed E-state index contributed by atoms with van der Waals surface area (Å²) in [5.41, 5.74) is 5.55. The normalized spacial score (nSPS) is 12.4. The van der Waals surface area contributed by atoms with Gasteiger partial charge in [-0.2, -0.15) is 0 Å². The van der Waals surface area contributed by atoms with Gasteiger partial charge in [0.15, 0.2) is 11.6 Å². The lowest BCUT2D eigenvalue weighted by Crippen LogP contribution is -2.29. The number of nitrogens with two attached hydrogens (primary N) is 1. The third-order valence-corrected chi connectivity index (χ3v) is 3.23. The molecule has 0 saturated heterocycles. The molecule has 2 aromatic carbocycles. The van der Waals surface area contributed by atoms with Gasteiger partial charge in [-0.3, -0.25) is 11.3 Å². The third kappa shape index (κ3) is 3.16. The van der Waals surface area contributed by atoms with Crippen LogP contribution in [0.3, 0.4) is 0 Å². The van der Waals surface area contributed by atoms with Crippen LogP contribution in [0, 0.1) is 18.6 Å². The third-order valence-electron chi connectivity index (χ3n) is 3.23. The van der Waals surface area contributed by atoms with Crippen molar-refractivity contribution >= 4 is 0 Å². The highest BCUT2D eigenvalue weighted by Crippen LogP contribution is 2.21. The molecule has 0 saturated carbocycles. The van der Waals surface area contributed by atoms with Crippen molar-refractivity contribution in [2.24, 2.45) is 5.84 Å². The molecule has 19 heavy (non-hydrogen) atoms. The van der Waals surface area contributed by atoms with Crippen LogP contribution in [0.1, 0.15) is 22.7 Å². The Morgan fingerprint density at radius 1 is 1.11 bits per heavy atom. The van der Waals surface area contributed by atoms with E-state index in [9.17, 15) is 8.78 Å². The molecule has 0 aliphatic carbocycles. The van der Waals surface area contributed by atoms with Crippen molar-refractivity contribution in [2.45, 2.75) is 19.4 Å². The zero-order chi connectivity index (χ0) is 13.8. The van der Waals surface area contributed by atoms with Crippen LogP contribution in [0.2, 0.25) is 0 Å². The van der Waals surface area contributed by atoms with Crippen LogP contribution >= 0.6 is 0 Å². The largest absolute Gasteiger partial charge is 0.271 e. The number of aryl methyl sites for hydroxylation is 1. The Bertz CT molecular complexity index is 570. The maximum Gasteiger partial charge on any atom is 0.159 e. The highest BCUT2D eigenvalue weighted by molar-refractivity contribution is 5.29. The lowest BCUT2D eigenvalue weighted by molar-refractivity contribution is 0.497. The van der Waals surface area contributed by atoms with Crippen molar-refractivity contribution in [3.63, 3.8) is 0 Å².